The molecule has 0 aromatic heterocycles. The van der Waals surface area contributed by atoms with E-state index in [1.807, 2.05) is 0 Å². The maximum atomic E-state index is 12.9. The van der Waals surface area contributed by atoms with E-state index in [-0.39, 0.29) is 10.8 Å². The van der Waals surface area contributed by atoms with Crippen LogP contribution in [0.5, 0.6) is 0 Å². The lowest BCUT2D eigenvalue weighted by molar-refractivity contribution is -0.132. The van der Waals surface area contributed by atoms with Crippen molar-refractivity contribution in [3.63, 3.8) is 0 Å². The largest absolute Gasteiger partial charge is 0.478 e. The molecule has 0 saturated carbocycles. The molecule has 6 heteroatoms. The summed E-state index contributed by atoms with van der Waals surface area (Å²) in [5.41, 5.74) is 1.00. The average Bonchev–Trinajstić information content (AvgIpc) is 2.38. The van der Waals surface area contributed by atoms with E-state index in [4.69, 9.17) is 16.7 Å². The standard InChI is InChI=1S/C14H14ClFO3S/c15-12-5-9(16)2-1-8(12)7-20-13-4-3-10(17)6-11(13)14(18)19/h1-2,5-6,10,13,17H,3-4,7H2,(H,18,19). The molecule has 1 aliphatic rings. The van der Waals surface area contributed by atoms with Gasteiger partial charge in [0.15, 0.2) is 0 Å². The number of hydrogen-bond acceptors (Lipinski definition) is 3. The first-order chi connectivity index (χ1) is 9.47. The molecule has 2 rings (SSSR count). The van der Waals surface area contributed by atoms with E-state index in [1.54, 1.807) is 6.07 Å². The van der Waals surface area contributed by atoms with E-state index in [0.29, 0.717) is 23.6 Å². The second-order valence-electron chi connectivity index (χ2n) is 4.61. The lowest BCUT2D eigenvalue weighted by Crippen LogP contribution is -2.24. The summed E-state index contributed by atoms with van der Waals surface area (Å²) in [4.78, 5) is 11.2. The Morgan fingerprint density at radius 1 is 1.45 bits per heavy atom. The lowest BCUT2D eigenvalue weighted by atomic mass is 9.97. The van der Waals surface area contributed by atoms with Crippen molar-refractivity contribution in [1.82, 2.24) is 0 Å². The van der Waals surface area contributed by atoms with Crippen molar-refractivity contribution < 1.29 is 19.4 Å². The summed E-state index contributed by atoms with van der Waals surface area (Å²) in [6.45, 7) is 0. The van der Waals surface area contributed by atoms with Crippen LogP contribution in [-0.2, 0) is 10.5 Å². The molecule has 0 bridgehead atoms. The molecule has 1 aromatic carbocycles. The van der Waals surface area contributed by atoms with Crippen molar-refractivity contribution in [3.05, 3.63) is 46.3 Å². The smallest absolute Gasteiger partial charge is 0.332 e. The highest BCUT2D eigenvalue weighted by atomic mass is 35.5. The molecule has 0 amide bonds. The van der Waals surface area contributed by atoms with Crippen LogP contribution in [-0.4, -0.2) is 27.5 Å². The number of carboxylic acid groups (broad SMARTS) is 1. The van der Waals surface area contributed by atoms with Crippen LogP contribution in [0.3, 0.4) is 0 Å². The summed E-state index contributed by atoms with van der Waals surface area (Å²) >= 11 is 7.39. The van der Waals surface area contributed by atoms with Crippen LogP contribution in [0.15, 0.2) is 29.8 Å². The molecule has 0 fully saturated rings. The molecule has 3 nitrogen and oxygen atoms in total. The first-order valence-electron chi connectivity index (χ1n) is 6.16. The topological polar surface area (TPSA) is 57.5 Å². The van der Waals surface area contributed by atoms with Crippen LogP contribution in [0.2, 0.25) is 5.02 Å². The van der Waals surface area contributed by atoms with Gasteiger partial charge >= 0.3 is 5.97 Å². The van der Waals surface area contributed by atoms with Crippen molar-refractivity contribution >= 4 is 29.3 Å². The van der Waals surface area contributed by atoms with E-state index in [9.17, 15) is 14.3 Å². The van der Waals surface area contributed by atoms with Crippen LogP contribution < -0.4 is 0 Å². The molecule has 0 heterocycles. The highest BCUT2D eigenvalue weighted by molar-refractivity contribution is 7.99. The van der Waals surface area contributed by atoms with Crippen molar-refractivity contribution in [3.8, 4) is 0 Å². The maximum absolute atomic E-state index is 12.9. The van der Waals surface area contributed by atoms with Crippen molar-refractivity contribution in [2.75, 3.05) is 0 Å². The van der Waals surface area contributed by atoms with Crippen LogP contribution in [0.4, 0.5) is 4.39 Å². The summed E-state index contributed by atoms with van der Waals surface area (Å²) in [5.74, 6) is -0.896. The van der Waals surface area contributed by atoms with Gasteiger partial charge < -0.3 is 10.2 Å². The van der Waals surface area contributed by atoms with Gasteiger partial charge in [-0.25, -0.2) is 9.18 Å². The van der Waals surface area contributed by atoms with E-state index in [0.717, 1.165) is 5.56 Å². The molecule has 1 aliphatic carbocycles. The van der Waals surface area contributed by atoms with Crippen LogP contribution >= 0.6 is 23.4 Å². The predicted octanol–water partition coefficient (Wildman–Crippen LogP) is 3.25. The first kappa shape index (κ1) is 15.4. The Kier molecular flexibility index (Phi) is 5.07. The Balaban J connectivity index is 2.06. The van der Waals surface area contributed by atoms with E-state index in [1.165, 1.54) is 30.0 Å². The third-order valence-corrected chi connectivity index (χ3v) is 4.87. The van der Waals surface area contributed by atoms with E-state index < -0.39 is 17.9 Å². The summed E-state index contributed by atoms with van der Waals surface area (Å²) in [6, 6.07) is 4.18. The summed E-state index contributed by atoms with van der Waals surface area (Å²) < 4.78 is 12.9. The van der Waals surface area contributed by atoms with Crippen LogP contribution in [0.1, 0.15) is 18.4 Å². The average molecular weight is 317 g/mol. The zero-order valence-electron chi connectivity index (χ0n) is 10.6. The normalized spacial score (nSPS) is 22.4. The zero-order chi connectivity index (χ0) is 14.7. The SMILES string of the molecule is O=C(O)C1=CC(O)CCC1SCc1ccc(F)cc1Cl. The summed E-state index contributed by atoms with van der Waals surface area (Å²) in [7, 11) is 0. The van der Waals surface area contributed by atoms with E-state index in [2.05, 4.69) is 0 Å². The van der Waals surface area contributed by atoms with Crippen LogP contribution in [0, 0.1) is 5.82 Å². The van der Waals surface area contributed by atoms with Gasteiger partial charge in [-0.3, -0.25) is 0 Å². The third-order valence-electron chi connectivity index (χ3n) is 3.15. The van der Waals surface area contributed by atoms with Gasteiger partial charge in [-0.2, -0.15) is 0 Å². The van der Waals surface area contributed by atoms with Gasteiger partial charge in [-0.1, -0.05) is 17.7 Å². The molecule has 1 aromatic rings. The number of aliphatic hydroxyl groups is 1. The number of rotatable bonds is 4. The van der Waals surface area contributed by atoms with Gasteiger partial charge in [0, 0.05) is 21.6 Å². The molecule has 108 valence electrons. The Bertz CT molecular complexity index is 547. The molecule has 0 aliphatic heterocycles. The molecular formula is C14H14ClFO3S. The van der Waals surface area contributed by atoms with Gasteiger partial charge in [-0.05, 0) is 36.6 Å². The molecule has 2 N–H and O–H groups in total. The minimum atomic E-state index is -1.01. The van der Waals surface area contributed by atoms with Gasteiger partial charge in [0.2, 0.25) is 0 Å². The lowest BCUT2D eigenvalue weighted by Gasteiger charge is -2.24. The minimum absolute atomic E-state index is 0.183. The molecular weight excluding hydrogens is 303 g/mol. The monoisotopic (exact) mass is 316 g/mol. The Hall–Kier alpha value is -1.04. The number of hydrogen-bond donors (Lipinski definition) is 2. The number of thioether (sulfide) groups is 1. The minimum Gasteiger partial charge on any atom is -0.478 e. The highest BCUT2D eigenvalue weighted by Gasteiger charge is 2.27. The quantitative estimate of drug-likeness (QED) is 0.895. The molecule has 2 atom stereocenters. The molecule has 0 radical (unpaired) electrons. The summed E-state index contributed by atoms with van der Waals surface area (Å²) in [6.07, 6.45) is 1.86. The third kappa shape index (κ3) is 3.75. The zero-order valence-corrected chi connectivity index (χ0v) is 12.1. The summed E-state index contributed by atoms with van der Waals surface area (Å²) in [5, 5.41) is 18.8. The van der Waals surface area contributed by atoms with Crippen LogP contribution in [0.25, 0.3) is 0 Å². The Morgan fingerprint density at radius 2 is 2.20 bits per heavy atom. The molecule has 2 unspecified atom stereocenters. The number of aliphatic carboxylic acids is 1. The second-order valence-corrected chi connectivity index (χ2v) is 6.21. The Labute approximate surface area is 125 Å². The Morgan fingerprint density at radius 3 is 2.85 bits per heavy atom. The maximum Gasteiger partial charge on any atom is 0.332 e. The molecule has 0 saturated heterocycles. The predicted molar refractivity (Wildman–Crippen MR) is 77.5 cm³/mol. The number of carboxylic acids is 1. The first-order valence-corrected chi connectivity index (χ1v) is 7.58. The van der Waals surface area contributed by atoms with E-state index >= 15 is 0 Å². The van der Waals surface area contributed by atoms with Crippen molar-refractivity contribution in [1.29, 1.82) is 0 Å². The fourth-order valence-electron chi connectivity index (χ4n) is 2.09. The fraction of sp³-hybridized carbons (Fsp3) is 0.357. The van der Waals surface area contributed by atoms with Gasteiger partial charge in [0.05, 0.1) is 6.10 Å². The number of aliphatic hydroxyl groups excluding tert-OH is 1. The van der Waals surface area contributed by atoms with Gasteiger partial charge in [-0.15, -0.1) is 11.8 Å². The fourth-order valence-corrected chi connectivity index (χ4v) is 3.69. The highest BCUT2D eigenvalue weighted by Crippen LogP contribution is 2.33. The number of carbonyl (C=O) groups is 1. The van der Waals surface area contributed by atoms with Crippen molar-refractivity contribution in [2.45, 2.75) is 29.9 Å². The van der Waals surface area contributed by atoms with Gasteiger partial charge in [0.25, 0.3) is 0 Å². The second kappa shape index (κ2) is 6.61. The van der Waals surface area contributed by atoms with Crippen molar-refractivity contribution in [2.24, 2.45) is 0 Å². The number of halogens is 2. The van der Waals surface area contributed by atoms with Gasteiger partial charge in [0.1, 0.15) is 5.82 Å². The molecule has 20 heavy (non-hydrogen) atoms. The number of benzene rings is 1. The molecule has 0 spiro atoms.